The third-order valence-electron chi connectivity index (χ3n) is 3.74. The van der Waals surface area contributed by atoms with Gasteiger partial charge in [0.1, 0.15) is 18.1 Å². The lowest BCUT2D eigenvalue weighted by molar-refractivity contribution is -0.135. The number of ether oxygens (including phenoxy) is 3. The summed E-state index contributed by atoms with van der Waals surface area (Å²) in [6, 6.07) is 10.2. The summed E-state index contributed by atoms with van der Waals surface area (Å²) >= 11 is 0.980. The van der Waals surface area contributed by atoms with Gasteiger partial charge < -0.3 is 18.6 Å². The van der Waals surface area contributed by atoms with Gasteiger partial charge in [-0.25, -0.2) is 9.59 Å². The first-order valence-electron chi connectivity index (χ1n) is 8.78. The summed E-state index contributed by atoms with van der Waals surface area (Å²) in [6.45, 7) is 0.123. The molecule has 0 saturated carbocycles. The number of amidine groups is 1. The van der Waals surface area contributed by atoms with Crippen LogP contribution >= 0.6 is 11.8 Å². The normalized spacial score (nSPS) is 16.0. The standard InChI is InChI=1S/C20H17N3O7S/c1-27-17(24)9-16-18(25)22-20(31-16)23-21-10-12-4-3-5-13(8-12)29-11-14-6-7-15(30-14)19(26)28-2/h3-10H,11H2,1-2H3,(H,22,23,25)/b16-9+,21-10?. The molecular formula is C20H17N3O7S. The molecule has 160 valence electrons. The molecule has 1 amide bonds. The quantitative estimate of drug-likeness (QED) is 0.299. The zero-order valence-corrected chi connectivity index (χ0v) is 17.3. The van der Waals surface area contributed by atoms with Crippen LogP contribution in [-0.2, 0) is 25.7 Å². The van der Waals surface area contributed by atoms with Crippen LogP contribution in [0.2, 0.25) is 0 Å². The van der Waals surface area contributed by atoms with Crippen LogP contribution in [0.1, 0.15) is 21.9 Å². The fourth-order valence-electron chi connectivity index (χ4n) is 2.29. The van der Waals surface area contributed by atoms with Crippen molar-refractivity contribution in [2.45, 2.75) is 6.61 Å². The summed E-state index contributed by atoms with van der Waals surface area (Å²) in [5, 5.41) is 10.6. The maximum absolute atomic E-state index is 11.8. The molecule has 1 saturated heterocycles. The number of carbonyl (C=O) groups excluding carboxylic acids is 3. The van der Waals surface area contributed by atoms with Crippen molar-refractivity contribution in [3.63, 3.8) is 0 Å². The van der Waals surface area contributed by atoms with Crippen molar-refractivity contribution in [1.82, 2.24) is 5.32 Å². The Kier molecular flexibility index (Phi) is 7.22. The SMILES string of the molecule is COC(=O)/C=C1/S/C(=N\N=Cc2cccc(OCc3ccc(C(=O)OC)o3)c2)NC1=O. The topological polar surface area (TPSA) is 129 Å². The molecular weight excluding hydrogens is 426 g/mol. The van der Waals surface area contributed by atoms with Crippen molar-refractivity contribution in [3.8, 4) is 5.75 Å². The first-order chi connectivity index (χ1) is 15.0. The molecule has 31 heavy (non-hydrogen) atoms. The Balaban J connectivity index is 1.58. The monoisotopic (exact) mass is 443 g/mol. The van der Waals surface area contributed by atoms with Gasteiger partial charge in [0, 0.05) is 6.08 Å². The average Bonchev–Trinajstić information content (AvgIpc) is 3.38. The van der Waals surface area contributed by atoms with Gasteiger partial charge in [0.2, 0.25) is 5.76 Å². The molecule has 2 heterocycles. The van der Waals surface area contributed by atoms with Gasteiger partial charge in [-0.3, -0.25) is 10.1 Å². The minimum atomic E-state index is -0.629. The second-order valence-electron chi connectivity index (χ2n) is 5.86. The van der Waals surface area contributed by atoms with E-state index in [4.69, 9.17) is 9.15 Å². The number of thioether (sulfide) groups is 1. The number of methoxy groups -OCH3 is 2. The molecule has 1 fully saturated rings. The van der Waals surface area contributed by atoms with E-state index in [1.54, 1.807) is 30.3 Å². The van der Waals surface area contributed by atoms with Crippen LogP contribution in [0.3, 0.4) is 0 Å². The van der Waals surface area contributed by atoms with Crippen molar-refractivity contribution in [2.24, 2.45) is 10.2 Å². The molecule has 1 aromatic carbocycles. The smallest absolute Gasteiger partial charge is 0.373 e. The van der Waals surface area contributed by atoms with Crippen molar-refractivity contribution in [1.29, 1.82) is 0 Å². The van der Waals surface area contributed by atoms with E-state index < -0.39 is 17.8 Å². The average molecular weight is 443 g/mol. The Morgan fingerprint density at radius 1 is 1.19 bits per heavy atom. The number of hydrogen-bond donors (Lipinski definition) is 1. The molecule has 11 heteroatoms. The largest absolute Gasteiger partial charge is 0.486 e. The number of rotatable bonds is 7. The van der Waals surface area contributed by atoms with E-state index >= 15 is 0 Å². The van der Waals surface area contributed by atoms with Crippen LogP contribution in [0.5, 0.6) is 5.75 Å². The molecule has 3 rings (SSSR count). The molecule has 0 spiro atoms. The number of esters is 2. The lowest BCUT2D eigenvalue weighted by Crippen LogP contribution is -2.19. The number of amides is 1. The van der Waals surface area contributed by atoms with E-state index in [0.29, 0.717) is 17.1 Å². The maximum Gasteiger partial charge on any atom is 0.373 e. The van der Waals surface area contributed by atoms with E-state index in [2.05, 4.69) is 25.0 Å². The predicted octanol–water partition coefficient (Wildman–Crippen LogP) is 2.25. The van der Waals surface area contributed by atoms with E-state index in [-0.39, 0.29) is 22.4 Å². The molecule has 0 radical (unpaired) electrons. The van der Waals surface area contributed by atoms with Gasteiger partial charge >= 0.3 is 11.9 Å². The van der Waals surface area contributed by atoms with E-state index in [0.717, 1.165) is 17.8 Å². The first-order valence-corrected chi connectivity index (χ1v) is 9.60. The van der Waals surface area contributed by atoms with Crippen LogP contribution in [0.25, 0.3) is 0 Å². The lowest BCUT2D eigenvalue weighted by atomic mass is 10.2. The molecule has 0 aliphatic carbocycles. The van der Waals surface area contributed by atoms with E-state index in [9.17, 15) is 14.4 Å². The van der Waals surface area contributed by atoms with Gasteiger partial charge in [0.05, 0.1) is 25.3 Å². The Labute approximate surface area is 180 Å². The second kappa shape index (κ2) is 10.3. The lowest BCUT2D eigenvalue weighted by Gasteiger charge is -2.04. The number of nitrogens with one attached hydrogen (secondary N) is 1. The third kappa shape index (κ3) is 6.06. The van der Waals surface area contributed by atoms with E-state index in [1.807, 2.05) is 0 Å². The molecule has 1 N–H and O–H groups in total. The number of nitrogens with zero attached hydrogens (tertiary/aromatic N) is 2. The highest BCUT2D eigenvalue weighted by atomic mass is 32.2. The summed E-state index contributed by atoms with van der Waals surface area (Å²) in [5.41, 5.74) is 0.705. The maximum atomic E-state index is 11.8. The van der Waals surface area contributed by atoms with Gasteiger partial charge in [0.25, 0.3) is 5.91 Å². The summed E-state index contributed by atoms with van der Waals surface area (Å²) in [5.74, 6) is -0.517. The number of furan rings is 1. The van der Waals surface area contributed by atoms with Gasteiger partial charge in [0.15, 0.2) is 5.17 Å². The van der Waals surface area contributed by atoms with Gasteiger partial charge in [-0.2, -0.15) is 5.10 Å². The van der Waals surface area contributed by atoms with Crippen LogP contribution < -0.4 is 10.1 Å². The second-order valence-corrected chi connectivity index (χ2v) is 6.89. The van der Waals surface area contributed by atoms with Gasteiger partial charge in [-0.05, 0) is 41.6 Å². The van der Waals surface area contributed by atoms with Crippen LogP contribution in [-0.4, -0.2) is 43.4 Å². The highest BCUT2D eigenvalue weighted by Gasteiger charge is 2.25. The fourth-order valence-corrected chi connectivity index (χ4v) is 3.03. The third-order valence-corrected chi connectivity index (χ3v) is 4.64. The molecule has 0 unspecified atom stereocenters. The highest BCUT2D eigenvalue weighted by molar-refractivity contribution is 8.18. The summed E-state index contributed by atoms with van der Waals surface area (Å²) in [7, 11) is 2.50. The fraction of sp³-hybridized carbons (Fsp3) is 0.150. The Bertz CT molecular complexity index is 1090. The van der Waals surface area contributed by atoms with Crippen LogP contribution in [0.15, 0.2) is 62.0 Å². The van der Waals surface area contributed by atoms with Gasteiger partial charge in [-0.15, -0.1) is 5.10 Å². The number of carbonyl (C=O) groups is 3. The molecule has 2 aromatic rings. The van der Waals surface area contributed by atoms with Crippen LogP contribution in [0, 0.1) is 0 Å². The minimum absolute atomic E-state index is 0.0996. The molecule has 1 aromatic heterocycles. The predicted molar refractivity (Wildman–Crippen MR) is 112 cm³/mol. The van der Waals surface area contributed by atoms with Crippen LogP contribution in [0.4, 0.5) is 0 Å². The minimum Gasteiger partial charge on any atom is -0.486 e. The zero-order chi connectivity index (χ0) is 22.2. The van der Waals surface area contributed by atoms with E-state index in [1.165, 1.54) is 26.5 Å². The summed E-state index contributed by atoms with van der Waals surface area (Å²) in [4.78, 5) is 34.6. The number of benzene rings is 1. The first kappa shape index (κ1) is 21.8. The summed E-state index contributed by atoms with van der Waals surface area (Å²) in [6.07, 6.45) is 2.57. The summed E-state index contributed by atoms with van der Waals surface area (Å²) < 4.78 is 20.1. The Hall–Kier alpha value is -3.86. The molecule has 1 aliphatic heterocycles. The molecule has 1 aliphatic rings. The highest BCUT2D eigenvalue weighted by Crippen LogP contribution is 2.23. The van der Waals surface area contributed by atoms with Crippen molar-refractivity contribution >= 4 is 41.0 Å². The molecule has 0 atom stereocenters. The van der Waals surface area contributed by atoms with Crippen molar-refractivity contribution < 1.29 is 33.0 Å². The van der Waals surface area contributed by atoms with Crippen molar-refractivity contribution in [2.75, 3.05) is 14.2 Å². The molecule has 10 nitrogen and oxygen atoms in total. The Morgan fingerprint density at radius 3 is 2.81 bits per heavy atom. The van der Waals surface area contributed by atoms with Gasteiger partial charge in [-0.1, -0.05) is 12.1 Å². The number of hydrogen-bond acceptors (Lipinski definition) is 10. The zero-order valence-electron chi connectivity index (χ0n) is 16.5. The van der Waals surface area contributed by atoms with Crippen molar-refractivity contribution in [3.05, 3.63) is 64.5 Å². The molecule has 0 bridgehead atoms. The Morgan fingerprint density at radius 2 is 2.03 bits per heavy atom.